The normalized spacial score (nSPS) is 16.9. The van der Waals surface area contributed by atoms with Crippen LogP contribution in [0.5, 0.6) is 11.5 Å². The number of hydrogen-bond acceptors (Lipinski definition) is 7. The molecule has 0 fully saturated rings. The van der Waals surface area contributed by atoms with Gasteiger partial charge in [0.25, 0.3) is 0 Å². The van der Waals surface area contributed by atoms with Crippen molar-refractivity contribution in [3.8, 4) is 11.5 Å². The van der Waals surface area contributed by atoms with Crippen LogP contribution in [-0.4, -0.2) is 26.0 Å². The second-order valence-corrected chi connectivity index (χ2v) is 6.30. The maximum absolute atomic E-state index is 9.45. The van der Waals surface area contributed by atoms with Gasteiger partial charge in [-0.15, -0.1) is 5.10 Å². The lowest BCUT2D eigenvalue weighted by Gasteiger charge is -2.06. The summed E-state index contributed by atoms with van der Waals surface area (Å²) in [5.41, 5.74) is 1.62. The van der Waals surface area contributed by atoms with Crippen LogP contribution in [-0.2, 0) is 0 Å². The molecule has 1 aliphatic rings. The van der Waals surface area contributed by atoms with E-state index in [2.05, 4.69) is 15.4 Å². The van der Waals surface area contributed by atoms with Gasteiger partial charge in [-0.25, -0.2) is 9.50 Å². The van der Waals surface area contributed by atoms with Crippen LogP contribution in [0.2, 0.25) is 0 Å². The molecule has 2 aromatic heterocycles. The van der Waals surface area contributed by atoms with E-state index in [0.717, 1.165) is 20.7 Å². The Morgan fingerprint density at radius 3 is 3.20 bits per heavy atom. The van der Waals surface area contributed by atoms with Gasteiger partial charge in [0, 0.05) is 6.07 Å². The summed E-state index contributed by atoms with van der Waals surface area (Å²) in [5, 5.41) is 17.1. The maximum Gasteiger partial charge on any atom is 0.215 e. The van der Waals surface area contributed by atoms with Gasteiger partial charge in [-0.2, -0.15) is 0 Å². The molecule has 8 heteroatoms. The number of nitrogens with one attached hydrogen (secondary N) is 1. The van der Waals surface area contributed by atoms with Crippen molar-refractivity contribution in [2.45, 2.75) is 10.6 Å². The number of thioether (sulfide) groups is 1. The van der Waals surface area contributed by atoms with Crippen LogP contribution in [0.1, 0.15) is 11.9 Å². The Balaban J connectivity index is 1.66. The number of phenolic OH excluding ortho intramolecular Hbond substituents is 1. The third-order valence-electron chi connectivity index (χ3n) is 2.98. The lowest BCUT2D eigenvalue weighted by atomic mass is 10.3. The van der Waals surface area contributed by atoms with E-state index in [1.54, 1.807) is 45.8 Å². The van der Waals surface area contributed by atoms with Crippen molar-refractivity contribution in [2.24, 2.45) is 0 Å². The molecular weight excluding hydrogens is 296 g/mol. The van der Waals surface area contributed by atoms with Crippen molar-refractivity contribution in [1.29, 1.82) is 0 Å². The minimum atomic E-state index is -0.349. The number of imidazole rings is 1. The number of fused-ring (bicyclic) bond motifs is 2. The molecule has 2 N–H and O–H groups in total. The summed E-state index contributed by atoms with van der Waals surface area (Å²) in [6.07, 6.45) is 3.50. The predicted octanol–water partition coefficient (Wildman–Crippen LogP) is 2.72. The van der Waals surface area contributed by atoms with Gasteiger partial charge in [-0.1, -0.05) is 23.1 Å². The smallest absolute Gasteiger partial charge is 0.215 e. The standard InChI is InChI=1S/C12H10N4O2S2/c1-19-12-15-16-5-8(14-11(16)20-12)10-13-7-3-2-6(17)4-9(7)18-10/h2-5,10,13,17H,1H3. The van der Waals surface area contributed by atoms with Crippen LogP contribution in [0.25, 0.3) is 4.96 Å². The van der Waals surface area contributed by atoms with Crippen molar-refractivity contribution >= 4 is 33.7 Å². The van der Waals surface area contributed by atoms with E-state index < -0.39 is 0 Å². The van der Waals surface area contributed by atoms with Crippen molar-refractivity contribution in [3.05, 3.63) is 30.1 Å². The summed E-state index contributed by atoms with van der Waals surface area (Å²) in [4.78, 5) is 5.37. The SMILES string of the molecule is CSc1nn2cc(C3Nc4ccc(O)cc4O3)nc2s1. The fraction of sp³-hybridized carbons (Fsp3) is 0.167. The van der Waals surface area contributed by atoms with Gasteiger partial charge in [0.1, 0.15) is 17.2 Å². The molecule has 1 aromatic carbocycles. The highest BCUT2D eigenvalue weighted by molar-refractivity contribution is 8.00. The van der Waals surface area contributed by atoms with Crippen LogP contribution in [0.15, 0.2) is 28.7 Å². The Hall–Kier alpha value is -1.93. The second kappa shape index (κ2) is 4.29. The lowest BCUT2D eigenvalue weighted by molar-refractivity contribution is 0.254. The minimum absolute atomic E-state index is 0.184. The lowest BCUT2D eigenvalue weighted by Crippen LogP contribution is -2.10. The number of ether oxygens (including phenoxy) is 1. The zero-order valence-electron chi connectivity index (χ0n) is 10.4. The molecule has 0 aliphatic carbocycles. The van der Waals surface area contributed by atoms with Crippen molar-refractivity contribution in [1.82, 2.24) is 14.6 Å². The third kappa shape index (κ3) is 1.80. The zero-order valence-corrected chi connectivity index (χ0v) is 12.0. The molecule has 0 saturated heterocycles. The molecular formula is C12H10N4O2S2. The number of nitrogens with zero attached hydrogens (tertiary/aromatic N) is 3. The highest BCUT2D eigenvalue weighted by atomic mass is 32.2. The molecule has 0 amide bonds. The molecule has 6 nitrogen and oxygen atoms in total. The molecule has 1 atom stereocenters. The Morgan fingerprint density at radius 1 is 1.50 bits per heavy atom. The molecule has 1 aliphatic heterocycles. The summed E-state index contributed by atoms with van der Waals surface area (Å²) in [6, 6.07) is 4.99. The van der Waals surface area contributed by atoms with Gasteiger partial charge in [-0.05, 0) is 18.4 Å². The van der Waals surface area contributed by atoms with E-state index in [0.29, 0.717) is 5.75 Å². The molecule has 102 valence electrons. The van der Waals surface area contributed by atoms with Gasteiger partial charge in [0.2, 0.25) is 11.2 Å². The maximum atomic E-state index is 9.45. The van der Waals surface area contributed by atoms with E-state index in [4.69, 9.17) is 4.74 Å². The summed E-state index contributed by atoms with van der Waals surface area (Å²) < 4.78 is 8.49. The first-order valence-electron chi connectivity index (χ1n) is 5.89. The molecule has 0 bridgehead atoms. The van der Waals surface area contributed by atoms with Crippen LogP contribution < -0.4 is 10.1 Å². The number of hydrogen-bond donors (Lipinski definition) is 2. The third-order valence-corrected chi connectivity index (χ3v) is 4.88. The topological polar surface area (TPSA) is 71.7 Å². The van der Waals surface area contributed by atoms with Crippen LogP contribution in [0, 0.1) is 0 Å². The monoisotopic (exact) mass is 306 g/mol. The number of anilines is 1. The molecule has 1 unspecified atom stereocenters. The first-order valence-corrected chi connectivity index (χ1v) is 7.93. The van der Waals surface area contributed by atoms with Crippen molar-refractivity contribution < 1.29 is 9.84 Å². The highest BCUT2D eigenvalue weighted by Gasteiger charge is 2.26. The largest absolute Gasteiger partial charge is 0.508 e. The summed E-state index contributed by atoms with van der Waals surface area (Å²) in [5.74, 6) is 0.812. The molecule has 0 spiro atoms. The first-order chi connectivity index (χ1) is 9.72. The zero-order chi connectivity index (χ0) is 13.7. The van der Waals surface area contributed by atoms with Gasteiger partial charge < -0.3 is 15.2 Å². The van der Waals surface area contributed by atoms with Crippen LogP contribution in [0.4, 0.5) is 5.69 Å². The molecule has 3 aromatic rings. The Kier molecular flexibility index (Phi) is 2.54. The average Bonchev–Trinajstić information content (AvgIpc) is 3.08. The van der Waals surface area contributed by atoms with E-state index in [1.165, 1.54) is 0 Å². The van der Waals surface area contributed by atoms with Gasteiger partial charge in [-0.3, -0.25) is 0 Å². The quantitative estimate of drug-likeness (QED) is 0.560. The number of aromatic hydroxyl groups is 1. The van der Waals surface area contributed by atoms with Gasteiger partial charge >= 0.3 is 0 Å². The number of aromatic nitrogens is 3. The molecule has 0 radical (unpaired) electrons. The molecule has 0 saturated carbocycles. The first kappa shape index (κ1) is 11.9. The van der Waals surface area contributed by atoms with E-state index >= 15 is 0 Å². The van der Waals surface area contributed by atoms with E-state index in [9.17, 15) is 5.11 Å². The summed E-state index contributed by atoms with van der Waals surface area (Å²) in [7, 11) is 0. The predicted molar refractivity (Wildman–Crippen MR) is 77.7 cm³/mol. The van der Waals surface area contributed by atoms with Crippen molar-refractivity contribution in [2.75, 3.05) is 11.6 Å². The van der Waals surface area contributed by atoms with E-state index in [1.807, 2.05) is 12.5 Å². The minimum Gasteiger partial charge on any atom is -0.508 e. The Labute approximate surface area is 122 Å². The molecule has 3 heterocycles. The fourth-order valence-electron chi connectivity index (χ4n) is 2.07. The second-order valence-electron chi connectivity index (χ2n) is 4.29. The van der Waals surface area contributed by atoms with Crippen LogP contribution in [0.3, 0.4) is 0 Å². The highest BCUT2D eigenvalue weighted by Crippen LogP contribution is 2.39. The average molecular weight is 306 g/mol. The van der Waals surface area contributed by atoms with Gasteiger partial charge in [0.15, 0.2) is 4.34 Å². The molecule has 20 heavy (non-hydrogen) atoms. The van der Waals surface area contributed by atoms with E-state index in [-0.39, 0.29) is 12.0 Å². The number of phenols is 1. The number of benzene rings is 1. The Bertz CT molecular complexity index is 766. The molecule has 4 rings (SSSR count). The summed E-state index contributed by atoms with van der Waals surface area (Å²) >= 11 is 3.14. The number of rotatable bonds is 2. The fourth-order valence-corrected chi connectivity index (χ4v) is 3.42. The van der Waals surface area contributed by atoms with Crippen molar-refractivity contribution in [3.63, 3.8) is 0 Å². The van der Waals surface area contributed by atoms with Crippen LogP contribution >= 0.6 is 23.1 Å². The van der Waals surface area contributed by atoms with Gasteiger partial charge in [0.05, 0.1) is 11.9 Å². The summed E-state index contributed by atoms with van der Waals surface area (Å²) in [6.45, 7) is 0. The Morgan fingerprint density at radius 2 is 2.40 bits per heavy atom.